The molecule has 3 heterocycles. The molecule has 2 aromatic heterocycles. The van der Waals surface area contributed by atoms with Crippen LogP contribution in [0.3, 0.4) is 0 Å². The summed E-state index contributed by atoms with van der Waals surface area (Å²) in [6.45, 7) is 3.45. The Hall–Kier alpha value is -3.72. The van der Waals surface area contributed by atoms with E-state index in [1.807, 2.05) is 18.2 Å². The van der Waals surface area contributed by atoms with Gasteiger partial charge in [0.05, 0.1) is 18.7 Å². The van der Waals surface area contributed by atoms with Crippen molar-refractivity contribution in [1.29, 1.82) is 0 Å². The molecule has 9 heteroatoms. The van der Waals surface area contributed by atoms with Crippen LogP contribution >= 0.6 is 15.9 Å². The van der Waals surface area contributed by atoms with Gasteiger partial charge in [-0.1, -0.05) is 34.1 Å². The van der Waals surface area contributed by atoms with Gasteiger partial charge < -0.3 is 19.7 Å². The van der Waals surface area contributed by atoms with Crippen molar-refractivity contribution < 1.29 is 24.2 Å². The largest absolute Gasteiger partial charge is 0.507 e. The number of benzene rings is 1. The molecule has 34 heavy (non-hydrogen) atoms. The molecule has 1 fully saturated rings. The lowest BCUT2D eigenvalue weighted by Gasteiger charge is -2.25. The van der Waals surface area contributed by atoms with Crippen LogP contribution in [-0.2, 0) is 20.9 Å². The Morgan fingerprint density at radius 2 is 1.91 bits per heavy atom. The van der Waals surface area contributed by atoms with Crippen LogP contribution in [0.25, 0.3) is 5.76 Å². The molecule has 1 saturated heterocycles. The fraction of sp³-hybridized carbons (Fsp3) is 0.200. The number of aliphatic hydroxyl groups excluding tert-OH is 1. The second-order valence-corrected chi connectivity index (χ2v) is 8.87. The number of hydrogen-bond acceptors (Lipinski definition) is 6. The fourth-order valence-electron chi connectivity index (χ4n) is 4.27. The normalized spacial score (nSPS) is 17.3. The number of likely N-dealkylation sites (tertiary alicyclic amines) is 1. The van der Waals surface area contributed by atoms with Gasteiger partial charge in [0.25, 0.3) is 11.7 Å². The fourth-order valence-corrected chi connectivity index (χ4v) is 4.53. The number of pyridine rings is 1. The number of rotatable bonds is 5. The molecule has 4 rings (SSSR count). The number of ketones is 1. The third-order valence-corrected chi connectivity index (χ3v) is 6.39. The molecule has 0 unspecified atom stereocenters. The smallest absolute Gasteiger partial charge is 0.354 e. The van der Waals surface area contributed by atoms with Gasteiger partial charge in [-0.2, -0.15) is 0 Å². The van der Waals surface area contributed by atoms with Gasteiger partial charge in [0.1, 0.15) is 11.5 Å². The average Bonchev–Trinajstić information content (AvgIpc) is 3.27. The number of nitrogens with zero attached hydrogens (tertiary/aromatic N) is 2. The molecule has 1 aliphatic rings. The molecule has 1 aliphatic heterocycles. The summed E-state index contributed by atoms with van der Waals surface area (Å²) in [5, 5.41) is 11.4. The number of halogens is 1. The Balaban J connectivity index is 1.91. The van der Waals surface area contributed by atoms with Crippen molar-refractivity contribution in [2.75, 3.05) is 7.11 Å². The van der Waals surface area contributed by atoms with Gasteiger partial charge in [-0.15, -0.1) is 0 Å². The van der Waals surface area contributed by atoms with Crippen LogP contribution in [0.2, 0.25) is 0 Å². The number of ether oxygens (including phenoxy) is 1. The van der Waals surface area contributed by atoms with E-state index in [1.54, 1.807) is 44.4 Å². The quantitative estimate of drug-likeness (QED) is 0.224. The van der Waals surface area contributed by atoms with Gasteiger partial charge in [0.15, 0.2) is 0 Å². The topological polar surface area (TPSA) is 113 Å². The highest BCUT2D eigenvalue weighted by atomic mass is 79.9. The number of aliphatic hydroxyl groups is 1. The van der Waals surface area contributed by atoms with E-state index in [4.69, 9.17) is 4.74 Å². The highest BCUT2D eigenvalue weighted by Gasteiger charge is 2.46. The molecule has 1 atom stereocenters. The Bertz CT molecular complexity index is 1310. The Kier molecular flexibility index (Phi) is 6.39. The number of nitrogens with one attached hydrogen (secondary N) is 1. The summed E-state index contributed by atoms with van der Waals surface area (Å²) in [5.74, 6) is -2.46. The van der Waals surface area contributed by atoms with Gasteiger partial charge in [-0.05, 0) is 48.7 Å². The minimum absolute atomic E-state index is 0.0437. The Morgan fingerprint density at radius 1 is 1.21 bits per heavy atom. The van der Waals surface area contributed by atoms with E-state index < -0.39 is 23.7 Å². The van der Waals surface area contributed by atoms with Crippen LogP contribution in [0.15, 0.2) is 58.8 Å². The molecule has 3 aromatic rings. The number of Topliss-reactive ketones (excluding diaryl/α,β-unsaturated/α-hetero) is 1. The maximum Gasteiger partial charge on any atom is 0.354 e. The molecule has 174 valence electrons. The summed E-state index contributed by atoms with van der Waals surface area (Å²) in [7, 11) is 1.26. The number of carbonyl (C=O) groups excluding carboxylic acids is 3. The summed E-state index contributed by atoms with van der Waals surface area (Å²) in [4.78, 5) is 47.0. The number of aromatic amines is 1. The van der Waals surface area contributed by atoms with Gasteiger partial charge in [-0.25, -0.2) is 4.79 Å². The third-order valence-electron chi connectivity index (χ3n) is 5.87. The highest BCUT2D eigenvalue weighted by molar-refractivity contribution is 9.10. The van der Waals surface area contributed by atoms with E-state index in [0.717, 1.165) is 10.0 Å². The molecule has 0 saturated carbocycles. The lowest BCUT2D eigenvalue weighted by molar-refractivity contribution is -0.140. The molecule has 0 spiro atoms. The summed E-state index contributed by atoms with van der Waals surface area (Å²) >= 11 is 3.40. The van der Waals surface area contributed by atoms with E-state index in [9.17, 15) is 19.5 Å². The van der Waals surface area contributed by atoms with E-state index >= 15 is 0 Å². The maximum atomic E-state index is 13.3. The predicted molar refractivity (Wildman–Crippen MR) is 128 cm³/mol. The summed E-state index contributed by atoms with van der Waals surface area (Å²) in [5.41, 5.74) is 2.73. The first-order valence-electron chi connectivity index (χ1n) is 10.4. The Labute approximate surface area is 204 Å². The molecular weight excluding hydrogens is 502 g/mol. The van der Waals surface area contributed by atoms with Crippen molar-refractivity contribution in [2.24, 2.45) is 0 Å². The molecule has 0 radical (unpaired) electrons. The van der Waals surface area contributed by atoms with Crippen molar-refractivity contribution in [1.82, 2.24) is 14.9 Å². The van der Waals surface area contributed by atoms with Crippen molar-refractivity contribution in [2.45, 2.75) is 26.4 Å². The van der Waals surface area contributed by atoms with E-state index in [1.165, 1.54) is 12.0 Å². The summed E-state index contributed by atoms with van der Waals surface area (Å²) in [6, 6.07) is 9.93. The second kappa shape index (κ2) is 9.26. The first kappa shape index (κ1) is 23.4. The van der Waals surface area contributed by atoms with E-state index in [0.29, 0.717) is 22.4 Å². The van der Waals surface area contributed by atoms with Crippen LogP contribution in [0.4, 0.5) is 0 Å². The number of aromatic nitrogens is 2. The lowest BCUT2D eigenvalue weighted by Crippen LogP contribution is -2.29. The number of methoxy groups -OCH3 is 1. The molecule has 0 bridgehead atoms. The number of hydrogen-bond donors (Lipinski definition) is 2. The van der Waals surface area contributed by atoms with Crippen LogP contribution < -0.4 is 0 Å². The van der Waals surface area contributed by atoms with Crippen molar-refractivity contribution in [3.05, 3.63) is 92.5 Å². The van der Waals surface area contributed by atoms with Crippen LogP contribution in [0, 0.1) is 13.8 Å². The molecule has 0 aliphatic carbocycles. The van der Waals surface area contributed by atoms with Gasteiger partial charge >= 0.3 is 5.97 Å². The second-order valence-electron chi connectivity index (χ2n) is 7.96. The van der Waals surface area contributed by atoms with Crippen molar-refractivity contribution in [3.8, 4) is 0 Å². The molecule has 1 amide bonds. The SMILES string of the molecule is COC(=O)c1[nH]c(C)c(/C(O)=C2\C(=O)C(=O)N(Cc3cccnc3)[C@@H]2c2ccc(Br)cc2)c1C. The molecule has 2 N–H and O–H groups in total. The van der Waals surface area contributed by atoms with Crippen LogP contribution in [0.5, 0.6) is 0 Å². The first-order chi connectivity index (χ1) is 16.2. The molecular formula is C25H22BrN3O5. The minimum atomic E-state index is -0.830. The first-order valence-corrected chi connectivity index (χ1v) is 11.2. The van der Waals surface area contributed by atoms with Gasteiger partial charge in [0.2, 0.25) is 0 Å². The zero-order valence-electron chi connectivity index (χ0n) is 18.8. The number of esters is 1. The lowest BCUT2D eigenvalue weighted by atomic mass is 9.94. The highest BCUT2D eigenvalue weighted by Crippen LogP contribution is 2.41. The van der Waals surface area contributed by atoms with Crippen molar-refractivity contribution in [3.63, 3.8) is 0 Å². The zero-order chi connectivity index (χ0) is 24.6. The Morgan fingerprint density at radius 3 is 2.53 bits per heavy atom. The van der Waals surface area contributed by atoms with Gasteiger partial charge in [-0.3, -0.25) is 14.6 Å². The standard InChI is InChI=1S/C25H22BrN3O5/c1-13-18(14(2)28-20(13)25(33)34-3)22(30)19-21(16-6-8-17(26)9-7-16)29(24(32)23(19)31)12-15-5-4-10-27-11-15/h4-11,21,28,30H,12H2,1-3H3/b22-19+/t21-/m1/s1. The van der Waals surface area contributed by atoms with Crippen LogP contribution in [-0.4, -0.2) is 44.7 Å². The van der Waals surface area contributed by atoms with Crippen LogP contribution in [0.1, 0.15) is 44.5 Å². The van der Waals surface area contributed by atoms with Crippen molar-refractivity contribution >= 4 is 39.3 Å². The maximum absolute atomic E-state index is 13.3. The number of aryl methyl sites for hydroxylation is 1. The number of H-pyrrole nitrogens is 1. The van der Waals surface area contributed by atoms with Gasteiger partial charge in [0, 0.05) is 34.7 Å². The summed E-state index contributed by atoms with van der Waals surface area (Å²) < 4.78 is 5.64. The molecule has 1 aromatic carbocycles. The number of carbonyl (C=O) groups is 3. The molecule has 8 nitrogen and oxygen atoms in total. The van der Waals surface area contributed by atoms with E-state index in [-0.39, 0.29) is 23.6 Å². The number of amides is 1. The monoisotopic (exact) mass is 523 g/mol. The predicted octanol–water partition coefficient (Wildman–Crippen LogP) is 4.20. The van der Waals surface area contributed by atoms with E-state index in [2.05, 4.69) is 25.9 Å². The zero-order valence-corrected chi connectivity index (χ0v) is 20.3. The summed E-state index contributed by atoms with van der Waals surface area (Å²) in [6.07, 6.45) is 3.25. The third kappa shape index (κ3) is 4.03. The average molecular weight is 524 g/mol. The minimum Gasteiger partial charge on any atom is -0.507 e.